The van der Waals surface area contributed by atoms with Gasteiger partial charge in [-0.15, -0.1) is 0 Å². The molecule has 0 aromatic heterocycles. The van der Waals surface area contributed by atoms with Crippen LogP contribution in [0.5, 0.6) is 0 Å². The summed E-state index contributed by atoms with van der Waals surface area (Å²) in [7, 11) is -7.82. The van der Waals surface area contributed by atoms with E-state index in [1.165, 1.54) is 0 Å². The Bertz CT molecular complexity index is 2520. The zero-order valence-electron chi connectivity index (χ0n) is 49.4. The van der Waals surface area contributed by atoms with Crippen molar-refractivity contribution in [2.24, 2.45) is 0 Å². The first kappa shape index (κ1) is 62.3. The Kier molecular flexibility index (Phi) is 21.7. The fraction of sp³-hybridized carbons (Fsp3) is 0.531. The van der Waals surface area contributed by atoms with Crippen LogP contribution in [0.3, 0.4) is 0 Å². The van der Waals surface area contributed by atoms with Gasteiger partial charge >= 0.3 is 0 Å². The molecule has 10 nitrogen and oxygen atoms in total. The van der Waals surface area contributed by atoms with Crippen LogP contribution in [0.2, 0.25) is 54.4 Å². The van der Waals surface area contributed by atoms with Gasteiger partial charge in [-0.2, -0.15) is 0 Å². The molecule has 78 heavy (non-hydrogen) atoms. The zero-order chi connectivity index (χ0) is 56.4. The maximum absolute atomic E-state index is 7.87. The Labute approximate surface area is 476 Å². The minimum atomic E-state index is -2.66. The first-order valence-corrected chi connectivity index (χ1v) is 37.7. The molecule has 0 N–H and O–H groups in total. The summed E-state index contributed by atoms with van der Waals surface area (Å²) in [4.78, 5) is 1.04. The van der Waals surface area contributed by atoms with Gasteiger partial charge in [-0.3, -0.25) is 0 Å². The highest BCUT2D eigenvalue weighted by molar-refractivity contribution is 7.99. The Balaban J connectivity index is 1.40. The molecule has 5 aromatic rings. The topological polar surface area (TPSA) is 92.3 Å². The molecule has 0 bridgehead atoms. The van der Waals surface area contributed by atoms with E-state index >= 15 is 0 Å². The van der Waals surface area contributed by atoms with E-state index in [9.17, 15) is 0 Å². The number of hydrogen-bond donors (Lipinski definition) is 0. The van der Waals surface area contributed by atoms with Crippen molar-refractivity contribution < 1.29 is 46.4 Å². The number of hydrogen-bond acceptors (Lipinski definition) is 11. The quantitative estimate of drug-likeness (QED) is 0.0553. The lowest BCUT2D eigenvalue weighted by Gasteiger charge is -2.55. The molecule has 5 aromatic carbocycles. The molecule has 426 valence electrons. The van der Waals surface area contributed by atoms with Crippen LogP contribution in [-0.2, 0) is 72.9 Å². The third kappa shape index (κ3) is 16.9. The first-order valence-electron chi connectivity index (χ1n) is 28.1. The summed E-state index contributed by atoms with van der Waals surface area (Å²) in [5.41, 5.74) is 3.63. The molecule has 6 unspecified atom stereocenters. The van der Waals surface area contributed by atoms with Gasteiger partial charge in [0.15, 0.2) is 31.2 Å². The Morgan fingerprint density at radius 2 is 0.731 bits per heavy atom. The van der Waals surface area contributed by atoms with Crippen molar-refractivity contribution in [3.63, 3.8) is 0 Å². The summed E-state index contributed by atoms with van der Waals surface area (Å²) >= 11 is 1.62. The van der Waals surface area contributed by atoms with Crippen LogP contribution < -0.4 is 0 Å². The lowest BCUT2D eigenvalue weighted by atomic mass is 9.97. The van der Waals surface area contributed by atoms with E-state index in [1.54, 1.807) is 11.8 Å². The fourth-order valence-corrected chi connectivity index (χ4v) is 13.8. The van der Waals surface area contributed by atoms with Gasteiger partial charge in [0, 0.05) is 4.90 Å². The largest absolute Gasteiger partial charge is 0.408 e. The summed E-state index contributed by atoms with van der Waals surface area (Å²) in [5, 5.41) is -0.481. The van der Waals surface area contributed by atoms with E-state index in [0.29, 0.717) is 26.4 Å². The van der Waals surface area contributed by atoms with Crippen molar-refractivity contribution in [3.05, 3.63) is 174 Å². The highest BCUT2D eigenvalue weighted by Gasteiger charge is 2.59. The molecular weight excluding hydrogens is 1050 g/mol. The van der Waals surface area contributed by atoms with Crippen molar-refractivity contribution in [1.29, 1.82) is 0 Å². The minimum absolute atomic E-state index is 0.133. The average molecular weight is 1140 g/mol. The third-order valence-corrected chi connectivity index (χ3v) is 31.1. The Hall–Kier alpha value is -3.30. The van der Waals surface area contributed by atoms with Gasteiger partial charge in [0.2, 0.25) is 0 Å². The molecule has 0 radical (unpaired) electrons. The van der Waals surface area contributed by atoms with E-state index < -0.39 is 85.5 Å². The molecule has 0 saturated carbocycles. The van der Waals surface area contributed by atoms with Crippen LogP contribution in [0.15, 0.2) is 157 Å². The smallest absolute Gasteiger partial charge is 0.192 e. The minimum Gasteiger partial charge on any atom is -0.408 e. The molecule has 14 heteroatoms. The van der Waals surface area contributed by atoms with Gasteiger partial charge in [0.05, 0.1) is 39.6 Å². The molecule has 7 rings (SSSR count). The second-order valence-electron chi connectivity index (χ2n) is 25.7. The van der Waals surface area contributed by atoms with Crippen LogP contribution in [0.25, 0.3) is 0 Å². The van der Waals surface area contributed by atoms with E-state index in [-0.39, 0.29) is 28.3 Å². The fourth-order valence-electron chi connectivity index (χ4n) is 8.77. The van der Waals surface area contributed by atoms with E-state index in [4.69, 9.17) is 46.4 Å². The maximum Gasteiger partial charge on any atom is 0.192 e. The number of rotatable bonds is 24. The lowest BCUT2D eigenvalue weighted by Crippen LogP contribution is -2.70. The predicted molar refractivity (Wildman–Crippen MR) is 323 cm³/mol. The molecular formula is C64H92O10SSi3. The van der Waals surface area contributed by atoms with E-state index in [2.05, 4.69) is 162 Å². The van der Waals surface area contributed by atoms with Crippen LogP contribution in [0, 0.1) is 0 Å². The van der Waals surface area contributed by atoms with Crippen molar-refractivity contribution >= 4 is 36.7 Å². The standard InChI is InChI=1S/C64H92O10SSi3/c1-62(2,3)76(10,11)72-55-53(46-66-42-48-33-23-17-24-34-48)69-60(58(74-78(14,15)64(7,8)9)57(55)73-77(12,13)63(4,5)6)71-54-52(45-65-41-47-31-21-16-22-32-47)70-61(75-51-39-29-20-30-40-51)59(68-44-50-37-27-19-28-38-50)56(54)67-43-49-35-25-18-26-36-49/h16-40,52-61H,41-46H2,1-15H3/t52?,53?,54-,55-,56?,57?,58?,59?,60-,61+/m1/s1. The molecule has 2 saturated heterocycles. The predicted octanol–water partition coefficient (Wildman–Crippen LogP) is 15.4. The summed E-state index contributed by atoms with van der Waals surface area (Å²) in [6.07, 6.45) is -6.42. The van der Waals surface area contributed by atoms with E-state index in [0.717, 1.165) is 27.1 Å². The highest BCUT2D eigenvalue weighted by atomic mass is 32.2. The summed E-state index contributed by atoms with van der Waals surface area (Å²) in [6, 6.07) is 51.4. The maximum atomic E-state index is 7.87. The molecule has 10 atom stereocenters. The molecule has 2 heterocycles. The SMILES string of the molecule is CC(C)(C)[Si](C)(C)OC1C(O[Si](C)(C)C(C)(C)C)[C@H](O[Si](C)(C)C(C)(C)C)C(COCc2ccccc2)O[C@@H]1O[C@@H]1C(COCc2ccccc2)O[C@@H](Sc2ccccc2)C(OCc2ccccc2)C1OCc1ccccc1. The summed E-state index contributed by atoms with van der Waals surface area (Å²) in [6.45, 7) is 36.1. The van der Waals surface area contributed by atoms with Gasteiger partial charge in [0.25, 0.3) is 0 Å². The van der Waals surface area contributed by atoms with Crippen LogP contribution in [-0.4, -0.2) is 98.7 Å². The summed E-state index contributed by atoms with van der Waals surface area (Å²) in [5.74, 6) is 0. The molecule has 0 amide bonds. The number of benzene rings is 5. The van der Waals surface area contributed by atoms with Gasteiger partial charge in [0.1, 0.15) is 54.3 Å². The molecule has 2 aliphatic rings. The number of ether oxygens (including phenoxy) is 7. The monoisotopic (exact) mass is 1140 g/mol. The van der Waals surface area contributed by atoms with Gasteiger partial charge in [-0.25, -0.2) is 0 Å². The molecule has 0 spiro atoms. The van der Waals surface area contributed by atoms with Crippen molar-refractivity contribution in [2.75, 3.05) is 13.2 Å². The average Bonchev–Trinajstić information content (AvgIpc) is 3.46. The zero-order valence-corrected chi connectivity index (χ0v) is 53.3. The van der Waals surface area contributed by atoms with Crippen LogP contribution >= 0.6 is 11.8 Å². The van der Waals surface area contributed by atoms with Crippen LogP contribution in [0.4, 0.5) is 0 Å². The van der Waals surface area contributed by atoms with Crippen molar-refractivity contribution in [2.45, 2.75) is 209 Å². The second-order valence-corrected chi connectivity index (χ2v) is 41.1. The van der Waals surface area contributed by atoms with Crippen molar-refractivity contribution in [3.8, 4) is 0 Å². The molecule has 0 aliphatic carbocycles. The third-order valence-electron chi connectivity index (χ3n) is 16.5. The van der Waals surface area contributed by atoms with E-state index in [1.807, 2.05) is 91.0 Å². The van der Waals surface area contributed by atoms with Crippen LogP contribution in [0.1, 0.15) is 84.6 Å². The van der Waals surface area contributed by atoms with Gasteiger partial charge in [-0.1, -0.05) is 214 Å². The number of thioether (sulfide) groups is 1. The first-order chi connectivity index (χ1) is 36.8. The molecule has 2 fully saturated rings. The summed E-state index contributed by atoms with van der Waals surface area (Å²) < 4.78 is 74.3. The van der Waals surface area contributed by atoms with Gasteiger partial charge < -0.3 is 46.4 Å². The normalized spacial score (nSPS) is 24.8. The lowest BCUT2D eigenvalue weighted by molar-refractivity contribution is -0.340. The molecule has 2 aliphatic heterocycles. The Morgan fingerprint density at radius 3 is 1.14 bits per heavy atom. The van der Waals surface area contributed by atoms with Gasteiger partial charge in [-0.05, 0) is 88.8 Å². The highest BCUT2D eigenvalue weighted by Crippen LogP contribution is 2.47. The second kappa shape index (κ2) is 27.2. The Morgan fingerprint density at radius 1 is 0.385 bits per heavy atom. The van der Waals surface area contributed by atoms with Crippen molar-refractivity contribution in [1.82, 2.24) is 0 Å².